The maximum Gasteiger partial charge on any atom is 0.173 e. The molecule has 0 saturated carbocycles. The van der Waals surface area contributed by atoms with Crippen LogP contribution in [0.1, 0.15) is 12.5 Å². The first-order valence-corrected chi connectivity index (χ1v) is 9.30. The molecule has 0 bridgehead atoms. The van der Waals surface area contributed by atoms with E-state index in [4.69, 9.17) is 17.0 Å². The van der Waals surface area contributed by atoms with Crippen LogP contribution in [0.5, 0.6) is 5.75 Å². The number of nitrogens with zero attached hydrogens (tertiary/aromatic N) is 2. The molecule has 0 radical (unpaired) electrons. The molecule has 0 unspecified atom stereocenters. The highest BCUT2D eigenvalue weighted by Gasteiger charge is 2.19. The molecular weight excluding hydrogens is 349 g/mol. The minimum absolute atomic E-state index is 0.179. The van der Waals surface area contributed by atoms with Gasteiger partial charge in [0.05, 0.1) is 6.61 Å². The molecule has 1 saturated heterocycles. The first kappa shape index (κ1) is 18.6. The highest BCUT2D eigenvalue weighted by atomic mass is 32.1. The number of nitrogens with one attached hydrogen (secondary N) is 1. The fraction of sp³-hybridized carbons (Fsp3) is 0.350. The summed E-state index contributed by atoms with van der Waals surface area (Å²) in [6.07, 6.45) is 0. The van der Waals surface area contributed by atoms with Crippen LogP contribution in [0.25, 0.3) is 0 Å². The van der Waals surface area contributed by atoms with Gasteiger partial charge < -0.3 is 15.0 Å². The largest absolute Gasteiger partial charge is 0.494 e. The van der Waals surface area contributed by atoms with E-state index < -0.39 is 0 Å². The topological polar surface area (TPSA) is 27.7 Å². The summed E-state index contributed by atoms with van der Waals surface area (Å²) in [5, 5.41) is 4.02. The molecular formula is C20H24FN3OS. The molecule has 6 heteroatoms. The van der Waals surface area contributed by atoms with Crippen molar-refractivity contribution in [2.24, 2.45) is 0 Å². The van der Waals surface area contributed by atoms with Crippen LogP contribution in [0, 0.1) is 5.82 Å². The predicted molar refractivity (Wildman–Crippen MR) is 107 cm³/mol. The van der Waals surface area contributed by atoms with Gasteiger partial charge in [0, 0.05) is 38.4 Å². The molecule has 4 nitrogen and oxygen atoms in total. The molecule has 0 aromatic heterocycles. The second-order valence-electron chi connectivity index (χ2n) is 6.28. The number of hydrogen-bond acceptors (Lipinski definition) is 3. The van der Waals surface area contributed by atoms with Crippen LogP contribution >= 0.6 is 12.2 Å². The molecule has 26 heavy (non-hydrogen) atoms. The summed E-state index contributed by atoms with van der Waals surface area (Å²) in [6, 6.07) is 14.6. The van der Waals surface area contributed by atoms with Crippen LogP contribution in [0.15, 0.2) is 48.5 Å². The van der Waals surface area contributed by atoms with Gasteiger partial charge in [-0.3, -0.25) is 4.90 Å². The second-order valence-corrected chi connectivity index (χ2v) is 6.67. The van der Waals surface area contributed by atoms with Crippen molar-refractivity contribution in [3.63, 3.8) is 0 Å². The zero-order valence-corrected chi connectivity index (χ0v) is 15.8. The van der Waals surface area contributed by atoms with Crippen LogP contribution in [0.3, 0.4) is 0 Å². The summed E-state index contributed by atoms with van der Waals surface area (Å²) in [6.45, 7) is 6.92. The Kier molecular flexibility index (Phi) is 6.41. The quantitative estimate of drug-likeness (QED) is 0.806. The minimum atomic E-state index is -0.179. The fourth-order valence-electron chi connectivity index (χ4n) is 3.01. The summed E-state index contributed by atoms with van der Waals surface area (Å²) in [5.74, 6) is 0.678. The molecule has 1 N–H and O–H groups in total. The number of hydrogen-bond donors (Lipinski definition) is 1. The number of ether oxygens (including phenoxy) is 1. The van der Waals surface area contributed by atoms with Crippen LogP contribution < -0.4 is 10.1 Å². The van der Waals surface area contributed by atoms with Gasteiger partial charge in [0.1, 0.15) is 11.6 Å². The van der Waals surface area contributed by atoms with Gasteiger partial charge in [-0.15, -0.1) is 0 Å². The molecule has 0 spiro atoms. The third kappa shape index (κ3) is 5.16. The van der Waals surface area contributed by atoms with Crippen LogP contribution in [0.2, 0.25) is 0 Å². The van der Waals surface area contributed by atoms with E-state index in [0.29, 0.717) is 6.61 Å². The lowest BCUT2D eigenvalue weighted by Gasteiger charge is -2.36. The molecule has 0 aliphatic carbocycles. The van der Waals surface area contributed by atoms with Crippen molar-refractivity contribution in [3.05, 3.63) is 59.9 Å². The summed E-state index contributed by atoms with van der Waals surface area (Å²) in [7, 11) is 0. The lowest BCUT2D eigenvalue weighted by atomic mass is 10.2. The number of benzene rings is 2. The Hall–Kier alpha value is -2.18. The molecule has 1 heterocycles. The molecule has 1 fully saturated rings. The van der Waals surface area contributed by atoms with Crippen molar-refractivity contribution in [2.45, 2.75) is 13.5 Å². The molecule has 3 rings (SSSR count). The van der Waals surface area contributed by atoms with E-state index in [1.54, 1.807) is 12.1 Å². The van der Waals surface area contributed by atoms with E-state index in [-0.39, 0.29) is 5.82 Å². The molecule has 2 aromatic rings. The fourth-order valence-corrected chi connectivity index (χ4v) is 3.31. The van der Waals surface area contributed by atoms with Crippen molar-refractivity contribution < 1.29 is 9.13 Å². The Morgan fingerprint density at radius 3 is 2.50 bits per heavy atom. The maximum absolute atomic E-state index is 13.3. The smallest absolute Gasteiger partial charge is 0.173 e. The number of rotatable bonds is 5. The highest BCUT2D eigenvalue weighted by Crippen LogP contribution is 2.17. The predicted octanol–water partition coefficient (Wildman–Crippen LogP) is 3.74. The summed E-state index contributed by atoms with van der Waals surface area (Å²) in [4.78, 5) is 4.50. The number of thiocarbonyl (C=S) groups is 1. The number of piperazine rings is 1. The molecule has 2 aromatic carbocycles. The van der Waals surface area contributed by atoms with Gasteiger partial charge in [-0.25, -0.2) is 4.39 Å². The van der Waals surface area contributed by atoms with Gasteiger partial charge in [0.15, 0.2) is 5.11 Å². The average Bonchev–Trinajstić information content (AvgIpc) is 2.64. The zero-order valence-electron chi connectivity index (χ0n) is 15.0. The molecule has 138 valence electrons. The number of halogens is 1. The number of anilines is 1. The summed E-state index contributed by atoms with van der Waals surface area (Å²) in [5.41, 5.74) is 1.97. The standard InChI is InChI=1S/C20H24FN3OS/c1-2-25-19-8-6-18(7-9-19)22-20(26)24-12-10-23(11-13-24)15-16-4-3-5-17(21)14-16/h3-9,14H,2,10-13,15H2,1H3,(H,22,26). The normalized spacial score (nSPS) is 14.9. The van der Waals surface area contributed by atoms with E-state index >= 15 is 0 Å². The van der Waals surface area contributed by atoms with Crippen LogP contribution in [-0.4, -0.2) is 47.7 Å². The molecule has 1 aliphatic heterocycles. The van der Waals surface area contributed by atoms with Crippen molar-refractivity contribution in [1.82, 2.24) is 9.80 Å². The van der Waals surface area contributed by atoms with Crippen LogP contribution in [0.4, 0.5) is 10.1 Å². The molecule has 0 atom stereocenters. The lowest BCUT2D eigenvalue weighted by Crippen LogP contribution is -2.49. The maximum atomic E-state index is 13.3. The average molecular weight is 373 g/mol. The first-order valence-electron chi connectivity index (χ1n) is 8.89. The van der Waals surface area contributed by atoms with Gasteiger partial charge in [-0.2, -0.15) is 0 Å². The Labute approximate surface area is 159 Å². The zero-order chi connectivity index (χ0) is 18.4. The van der Waals surface area contributed by atoms with Gasteiger partial charge >= 0.3 is 0 Å². The van der Waals surface area contributed by atoms with E-state index in [1.807, 2.05) is 37.3 Å². The Balaban J connectivity index is 1.47. The van der Waals surface area contributed by atoms with E-state index in [9.17, 15) is 4.39 Å². The third-order valence-electron chi connectivity index (χ3n) is 4.37. The van der Waals surface area contributed by atoms with Gasteiger partial charge in [-0.1, -0.05) is 12.1 Å². The third-order valence-corrected chi connectivity index (χ3v) is 4.73. The molecule has 1 aliphatic rings. The van der Waals surface area contributed by atoms with Crippen molar-refractivity contribution in [2.75, 3.05) is 38.1 Å². The van der Waals surface area contributed by atoms with Gasteiger partial charge in [0.2, 0.25) is 0 Å². The van der Waals surface area contributed by atoms with Crippen LogP contribution in [-0.2, 0) is 6.54 Å². The van der Waals surface area contributed by atoms with Crippen molar-refractivity contribution in [3.8, 4) is 5.75 Å². The van der Waals surface area contributed by atoms with Crippen molar-refractivity contribution >= 4 is 23.0 Å². The Morgan fingerprint density at radius 1 is 1.12 bits per heavy atom. The van der Waals surface area contributed by atoms with E-state index in [1.165, 1.54) is 6.07 Å². The Morgan fingerprint density at radius 2 is 1.85 bits per heavy atom. The van der Waals surface area contributed by atoms with E-state index in [2.05, 4.69) is 15.1 Å². The van der Waals surface area contributed by atoms with Gasteiger partial charge in [-0.05, 0) is 61.1 Å². The second kappa shape index (κ2) is 8.96. The van der Waals surface area contributed by atoms with Gasteiger partial charge in [0.25, 0.3) is 0 Å². The SMILES string of the molecule is CCOc1ccc(NC(=S)N2CCN(Cc3cccc(F)c3)CC2)cc1. The first-order chi connectivity index (χ1) is 12.6. The monoisotopic (exact) mass is 373 g/mol. The minimum Gasteiger partial charge on any atom is -0.494 e. The van der Waals surface area contributed by atoms with Crippen molar-refractivity contribution in [1.29, 1.82) is 0 Å². The highest BCUT2D eigenvalue weighted by molar-refractivity contribution is 7.80. The molecule has 0 amide bonds. The lowest BCUT2D eigenvalue weighted by molar-refractivity contribution is 0.177. The summed E-state index contributed by atoms with van der Waals surface area (Å²) >= 11 is 5.54. The Bertz CT molecular complexity index is 730. The summed E-state index contributed by atoms with van der Waals surface area (Å²) < 4.78 is 18.8. The van der Waals surface area contributed by atoms with E-state index in [0.717, 1.165) is 54.8 Å².